The van der Waals surface area contributed by atoms with Crippen molar-refractivity contribution >= 4 is 11.7 Å². The summed E-state index contributed by atoms with van der Waals surface area (Å²) in [5.41, 5.74) is 0. The van der Waals surface area contributed by atoms with E-state index in [1.54, 1.807) is 7.11 Å². The Hall–Kier alpha value is -0.940. The molecule has 0 aliphatic rings. The maximum Gasteiger partial charge on any atom is 0.224 e. The van der Waals surface area contributed by atoms with Gasteiger partial charge in [-0.3, -0.25) is 9.59 Å². The SMILES string of the molecule is COCCOCCC(=O)C[C@H](C(=O)NC(C)C)C(C)C. The number of carbonyl (C=O) groups excluding carboxylic acids is 2. The van der Waals surface area contributed by atoms with Gasteiger partial charge in [0, 0.05) is 31.9 Å². The number of ether oxygens (including phenoxy) is 2. The molecule has 0 unspecified atom stereocenters. The van der Waals surface area contributed by atoms with Gasteiger partial charge in [0.2, 0.25) is 5.91 Å². The van der Waals surface area contributed by atoms with Gasteiger partial charge in [-0.1, -0.05) is 13.8 Å². The Morgan fingerprint density at radius 3 is 2.20 bits per heavy atom. The summed E-state index contributed by atoms with van der Waals surface area (Å²) in [6.07, 6.45) is 0.631. The molecular weight excluding hydrogens is 258 g/mol. The van der Waals surface area contributed by atoms with Crippen LogP contribution in [0.1, 0.15) is 40.5 Å². The highest BCUT2D eigenvalue weighted by atomic mass is 16.5. The van der Waals surface area contributed by atoms with Gasteiger partial charge >= 0.3 is 0 Å². The van der Waals surface area contributed by atoms with Gasteiger partial charge in [-0.05, 0) is 19.8 Å². The van der Waals surface area contributed by atoms with E-state index < -0.39 is 0 Å². The van der Waals surface area contributed by atoms with Crippen LogP contribution < -0.4 is 5.32 Å². The molecule has 118 valence electrons. The van der Waals surface area contributed by atoms with Crippen molar-refractivity contribution in [3.8, 4) is 0 Å². The zero-order valence-corrected chi connectivity index (χ0v) is 13.4. The predicted octanol–water partition coefficient (Wildman–Crippen LogP) is 1.80. The first-order valence-corrected chi connectivity index (χ1v) is 7.27. The molecule has 5 heteroatoms. The fourth-order valence-electron chi connectivity index (χ4n) is 1.80. The summed E-state index contributed by atoms with van der Waals surface area (Å²) in [6, 6.07) is 0.0937. The van der Waals surface area contributed by atoms with Gasteiger partial charge < -0.3 is 14.8 Å². The van der Waals surface area contributed by atoms with Gasteiger partial charge in [-0.15, -0.1) is 0 Å². The molecule has 0 rings (SSSR count). The van der Waals surface area contributed by atoms with Crippen molar-refractivity contribution < 1.29 is 19.1 Å². The maximum absolute atomic E-state index is 12.0. The number of rotatable bonds is 11. The average Bonchev–Trinajstić information content (AvgIpc) is 2.34. The first-order valence-electron chi connectivity index (χ1n) is 7.27. The Morgan fingerprint density at radius 1 is 1.05 bits per heavy atom. The first-order chi connectivity index (χ1) is 9.38. The highest BCUT2D eigenvalue weighted by Crippen LogP contribution is 2.17. The standard InChI is InChI=1S/C15H29NO4/c1-11(2)14(15(18)16-12(3)4)10-13(17)6-7-20-9-8-19-5/h11-12,14H,6-10H2,1-5H3,(H,16,18)/t14-/m0/s1. The summed E-state index contributed by atoms with van der Waals surface area (Å²) in [4.78, 5) is 23.9. The van der Waals surface area contributed by atoms with Gasteiger partial charge in [0.15, 0.2) is 0 Å². The number of nitrogens with one attached hydrogen (secondary N) is 1. The van der Waals surface area contributed by atoms with E-state index in [0.29, 0.717) is 26.2 Å². The lowest BCUT2D eigenvalue weighted by Crippen LogP contribution is -2.38. The summed E-state index contributed by atoms with van der Waals surface area (Å²) in [5.74, 6) is -0.0836. The topological polar surface area (TPSA) is 64.6 Å². The van der Waals surface area contributed by atoms with Crippen molar-refractivity contribution in [1.82, 2.24) is 5.32 Å². The molecule has 0 heterocycles. The van der Waals surface area contributed by atoms with E-state index in [0.717, 1.165) is 0 Å². The van der Waals surface area contributed by atoms with Crippen molar-refractivity contribution in [2.45, 2.75) is 46.6 Å². The molecule has 1 atom stereocenters. The number of hydrogen-bond donors (Lipinski definition) is 1. The number of ketones is 1. The highest BCUT2D eigenvalue weighted by Gasteiger charge is 2.25. The highest BCUT2D eigenvalue weighted by molar-refractivity contribution is 5.87. The molecular formula is C15H29NO4. The molecule has 0 aliphatic carbocycles. The van der Waals surface area contributed by atoms with E-state index in [2.05, 4.69) is 5.32 Å². The van der Waals surface area contributed by atoms with E-state index in [-0.39, 0.29) is 36.0 Å². The fourth-order valence-corrected chi connectivity index (χ4v) is 1.80. The molecule has 0 aromatic heterocycles. The Kier molecular flexibility index (Phi) is 10.3. The number of carbonyl (C=O) groups is 2. The smallest absolute Gasteiger partial charge is 0.224 e. The van der Waals surface area contributed by atoms with Crippen LogP contribution >= 0.6 is 0 Å². The second kappa shape index (κ2) is 10.8. The largest absolute Gasteiger partial charge is 0.382 e. The fraction of sp³-hybridized carbons (Fsp3) is 0.867. The minimum Gasteiger partial charge on any atom is -0.382 e. The lowest BCUT2D eigenvalue weighted by atomic mass is 9.89. The van der Waals surface area contributed by atoms with Crippen molar-refractivity contribution in [1.29, 1.82) is 0 Å². The number of hydrogen-bond acceptors (Lipinski definition) is 4. The van der Waals surface area contributed by atoms with E-state index in [1.165, 1.54) is 0 Å². The third-order valence-corrected chi connectivity index (χ3v) is 2.98. The van der Waals surface area contributed by atoms with Crippen molar-refractivity contribution in [2.75, 3.05) is 26.9 Å². The zero-order valence-electron chi connectivity index (χ0n) is 13.4. The molecule has 5 nitrogen and oxygen atoms in total. The Bertz CT molecular complexity index is 290. The summed E-state index contributed by atoms with van der Waals surface area (Å²) in [6.45, 7) is 9.17. The molecule has 0 saturated heterocycles. The van der Waals surface area contributed by atoms with Crippen LogP contribution in [0.2, 0.25) is 0 Å². The Morgan fingerprint density at radius 2 is 1.70 bits per heavy atom. The van der Waals surface area contributed by atoms with E-state index in [9.17, 15) is 9.59 Å². The van der Waals surface area contributed by atoms with Crippen molar-refractivity contribution in [3.05, 3.63) is 0 Å². The molecule has 1 N–H and O–H groups in total. The van der Waals surface area contributed by atoms with Gasteiger partial charge in [-0.2, -0.15) is 0 Å². The van der Waals surface area contributed by atoms with Gasteiger partial charge in [0.1, 0.15) is 5.78 Å². The van der Waals surface area contributed by atoms with Gasteiger partial charge in [0.05, 0.1) is 19.8 Å². The van der Waals surface area contributed by atoms with Crippen LogP contribution in [0.5, 0.6) is 0 Å². The molecule has 0 fully saturated rings. The predicted molar refractivity (Wildman–Crippen MR) is 78.5 cm³/mol. The molecule has 0 aromatic carbocycles. The van der Waals surface area contributed by atoms with Crippen LogP contribution in [-0.2, 0) is 19.1 Å². The monoisotopic (exact) mass is 287 g/mol. The van der Waals surface area contributed by atoms with Crippen LogP contribution in [0.15, 0.2) is 0 Å². The van der Waals surface area contributed by atoms with Crippen LogP contribution in [-0.4, -0.2) is 44.7 Å². The van der Waals surface area contributed by atoms with Crippen LogP contribution in [0.25, 0.3) is 0 Å². The minimum absolute atomic E-state index is 0.0383. The molecule has 0 aliphatic heterocycles. The molecule has 0 saturated carbocycles. The normalized spacial score (nSPS) is 12.8. The molecule has 0 radical (unpaired) electrons. The van der Waals surface area contributed by atoms with Crippen molar-refractivity contribution in [2.24, 2.45) is 11.8 Å². The lowest BCUT2D eigenvalue weighted by Gasteiger charge is -2.21. The Balaban J connectivity index is 4.11. The maximum atomic E-state index is 12.0. The molecule has 1 amide bonds. The number of methoxy groups -OCH3 is 1. The summed E-state index contributed by atoms with van der Waals surface area (Å²) >= 11 is 0. The quantitative estimate of drug-likeness (QED) is 0.588. The van der Waals surface area contributed by atoms with Crippen LogP contribution in [0, 0.1) is 11.8 Å². The zero-order chi connectivity index (χ0) is 15.5. The average molecular weight is 287 g/mol. The van der Waals surface area contributed by atoms with Crippen molar-refractivity contribution in [3.63, 3.8) is 0 Å². The third kappa shape index (κ3) is 9.04. The summed E-state index contributed by atoms with van der Waals surface area (Å²) in [5, 5.41) is 2.87. The van der Waals surface area contributed by atoms with Gasteiger partial charge in [-0.25, -0.2) is 0 Å². The summed E-state index contributed by atoms with van der Waals surface area (Å²) in [7, 11) is 1.61. The molecule has 20 heavy (non-hydrogen) atoms. The number of Topliss-reactive ketones (excluding diaryl/α,β-unsaturated/α-hetero) is 1. The second-order valence-electron chi connectivity index (χ2n) is 5.61. The minimum atomic E-state index is -0.260. The van der Waals surface area contributed by atoms with E-state index >= 15 is 0 Å². The first kappa shape index (κ1) is 19.1. The molecule has 0 bridgehead atoms. The third-order valence-electron chi connectivity index (χ3n) is 2.98. The van der Waals surface area contributed by atoms with E-state index in [4.69, 9.17) is 9.47 Å². The Labute approximate surface area is 122 Å². The van der Waals surface area contributed by atoms with E-state index in [1.807, 2.05) is 27.7 Å². The van der Waals surface area contributed by atoms with Gasteiger partial charge in [0.25, 0.3) is 0 Å². The summed E-state index contributed by atoms with van der Waals surface area (Å²) < 4.78 is 10.1. The van der Waals surface area contributed by atoms with Crippen LogP contribution in [0.4, 0.5) is 0 Å². The number of amides is 1. The van der Waals surface area contributed by atoms with Crippen LogP contribution in [0.3, 0.4) is 0 Å². The second-order valence-corrected chi connectivity index (χ2v) is 5.61. The lowest BCUT2D eigenvalue weighted by molar-refractivity contribution is -0.131. The molecule has 0 spiro atoms. The molecule has 0 aromatic rings.